The number of hydrogen-bond acceptors (Lipinski definition) is 5. The van der Waals surface area contributed by atoms with Gasteiger partial charge in [0.25, 0.3) is 5.91 Å². The molecule has 0 aromatic heterocycles. The molecule has 0 atom stereocenters. The maximum Gasteiger partial charge on any atom is 0.269 e. The molecule has 2 aliphatic heterocycles. The second-order valence-electron chi connectivity index (χ2n) is 5.84. The Hall–Kier alpha value is -1.47. The van der Waals surface area contributed by atoms with Gasteiger partial charge in [0.15, 0.2) is 0 Å². The Kier molecular flexibility index (Phi) is 5.01. The van der Waals surface area contributed by atoms with Crippen LogP contribution < -0.4 is 4.90 Å². The highest BCUT2D eigenvalue weighted by atomic mass is 35.5. The summed E-state index contributed by atoms with van der Waals surface area (Å²) in [7, 11) is 0. The minimum Gasteiger partial charge on any atom is -0.334 e. The summed E-state index contributed by atoms with van der Waals surface area (Å²) >= 11 is 14.7. The number of fused-ring (bicyclic) bond motifs is 1. The number of thiocarbonyl (C=S) groups is 1. The van der Waals surface area contributed by atoms with Crippen molar-refractivity contribution in [1.82, 2.24) is 4.90 Å². The van der Waals surface area contributed by atoms with Crippen molar-refractivity contribution in [3.05, 3.63) is 69.1 Å². The van der Waals surface area contributed by atoms with Crippen LogP contribution in [-0.2, 0) is 11.3 Å². The number of anilines is 1. The van der Waals surface area contributed by atoms with Crippen molar-refractivity contribution in [3.8, 4) is 0 Å². The number of carbonyl (C=O) groups excluding carboxylic acids is 1. The van der Waals surface area contributed by atoms with Crippen molar-refractivity contribution >= 4 is 63.3 Å². The Bertz CT molecular complexity index is 930. The van der Waals surface area contributed by atoms with Crippen molar-refractivity contribution < 1.29 is 4.79 Å². The molecule has 0 bridgehead atoms. The van der Waals surface area contributed by atoms with Gasteiger partial charge in [0.2, 0.25) is 0 Å². The van der Waals surface area contributed by atoms with E-state index in [1.165, 1.54) is 11.8 Å². The molecule has 2 heterocycles. The van der Waals surface area contributed by atoms with E-state index in [1.807, 2.05) is 48.5 Å². The van der Waals surface area contributed by atoms with Crippen molar-refractivity contribution in [1.29, 1.82) is 0 Å². The molecule has 132 valence electrons. The number of amides is 1. The number of halogens is 1. The standard InChI is InChI=1S/C19H15ClN2OS3/c1-2-21-14-10-13(20)8-9-15(14)25-18(21)16-17(23)22(19(24)26-16)11-12-6-4-3-5-7-12/h3-10H,2,11H2,1H3/b18-16-. The Morgan fingerprint density at radius 3 is 2.58 bits per heavy atom. The average molecular weight is 419 g/mol. The fraction of sp³-hybridized carbons (Fsp3) is 0.158. The molecule has 2 aromatic carbocycles. The molecule has 0 radical (unpaired) electrons. The number of carbonyl (C=O) groups is 1. The summed E-state index contributed by atoms with van der Waals surface area (Å²) in [4.78, 5) is 18.7. The van der Waals surface area contributed by atoms with Crippen LogP contribution >= 0.6 is 47.3 Å². The molecule has 26 heavy (non-hydrogen) atoms. The lowest BCUT2D eigenvalue weighted by atomic mass is 10.2. The topological polar surface area (TPSA) is 23.6 Å². The molecule has 0 saturated carbocycles. The SMILES string of the molecule is CCN1/C(=C2/SC(=S)N(Cc3ccccc3)C2=O)Sc2ccc(Cl)cc21. The van der Waals surface area contributed by atoms with Gasteiger partial charge in [-0.1, -0.05) is 77.7 Å². The first-order chi connectivity index (χ1) is 12.6. The number of benzene rings is 2. The van der Waals surface area contributed by atoms with E-state index in [0.717, 1.165) is 27.7 Å². The molecule has 1 fully saturated rings. The number of thioether (sulfide) groups is 2. The largest absolute Gasteiger partial charge is 0.334 e. The van der Waals surface area contributed by atoms with Crippen molar-refractivity contribution in [2.24, 2.45) is 0 Å². The maximum atomic E-state index is 13.1. The average Bonchev–Trinajstić information content (AvgIpc) is 3.14. The molecule has 0 unspecified atom stereocenters. The van der Waals surface area contributed by atoms with E-state index in [4.69, 9.17) is 23.8 Å². The van der Waals surface area contributed by atoms with Crippen molar-refractivity contribution in [3.63, 3.8) is 0 Å². The molecule has 2 aliphatic rings. The van der Waals surface area contributed by atoms with Crippen molar-refractivity contribution in [2.45, 2.75) is 18.4 Å². The normalized spacial score (nSPS) is 19.5. The first-order valence-electron chi connectivity index (χ1n) is 8.15. The van der Waals surface area contributed by atoms with Crippen LogP contribution in [0.15, 0.2) is 63.4 Å². The molecule has 0 aliphatic carbocycles. The molecule has 3 nitrogen and oxygen atoms in total. The van der Waals surface area contributed by atoms with Gasteiger partial charge in [-0.05, 0) is 30.7 Å². The van der Waals surface area contributed by atoms with E-state index in [2.05, 4.69) is 11.8 Å². The maximum absolute atomic E-state index is 13.1. The first kappa shape index (κ1) is 17.9. The zero-order valence-electron chi connectivity index (χ0n) is 13.9. The Labute approximate surface area is 171 Å². The molecule has 0 N–H and O–H groups in total. The molecular weight excluding hydrogens is 404 g/mol. The van der Waals surface area contributed by atoms with Crippen LogP contribution in [0.25, 0.3) is 0 Å². The van der Waals surface area contributed by atoms with E-state index in [-0.39, 0.29) is 5.91 Å². The lowest BCUT2D eigenvalue weighted by Crippen LogP contribution is -2.28. The highest BCUT2D eigenvalue weighted by Crippen LogP contribution is 2.51. The second-order valence-corrected chi connectivity index (χ2v) is 8.95. The molecule has 4 rings (SSSR count). The van der Waals surface area contributed by atoms with E-state index < -0.39 is 0 Å². The third-order valence-corrected chi connectivity index (χ3v) is 7.19. The van der Waals surface area contributed by atoms with Crippen LogP contribution in [0, 0.1) is 0 Å². The smallest absolute Gasteiger partial charge is 0.269 e. The van der Waals surface area contributed by atoms with Crippen LogP contribution in [0.4, 0.5) is 5.69 Å². The number of rotatable bonds is 3. The molecule has 1 amide bonds. The highest BCUT2D eigenvalue weighted by Gasteiger charge is 2.38. The van der Waals surface area contributed by atoms with E-state index in [1.54, 1.807) is 16.7 Å². The summed E-state index contributed by atoms with van der Waals surface area (Å²) < 4.78 is 0.604. The van der Waals surface area contributed by atoms with Crippen LogP contribution in [0.3, 0.4) is 0 Å². The molecule has 1 saturated heterocycles. The summed E-state index contributed by atoms with van der Waals surface area (Å²) in [5.74, 6) is -0.0243. The summed E-state index contributed by atoms with van der Waals surface area (Å²) in [6.07, 6.45) is 0. The highest BCUT2D eigenvalue weighted by molar-refractivity contribution is 8.27. The zero-order chi connectivity index (χ0) is 18.3. The van der Waals surface area contributed by atoms with Gasteiger partial charge in [-0.15, -0.1) is 0 Å². The van der Waals surface area contributed by atoms with Crippen molar-refractivity contribution in [2.75, 3.05) is 11.4 Å². The zero-order valence-corrected chi connectivity index (χ0v) is 17.1. The van der Waals surface area contributed by atoms with Gasteiger partial charge in [-0.2, -0.15) is 0 Å². The lowest BCUT2D eigenvalue weighted by molar-refractivity contribution is -0.122. The summed E-state index contributed by atoms with van der Waals surface area (Å²) in [6, 6.07) is 15.7. The third kappa shape index (κ3) is 3.16. The van der Waals surface area contributed by atoms with Gasteiger partial charge >= 0.3 is 0 Å². The Morgan fingerprint density at radius 2 is 1.85 bits per heavy atom. The summed E-state index contributed by atoms with van der Waals surface area (Å²) in [5, 5.41) is 1.64. The van der Waals surface area contributed by atoms with Gasteiger partial charge in [-0.3, -0.25) is 9.69 Å². The van der Waals surface area contributed by atoms with Crippen LogP contribution in [0.1, 0.15) is 12.5 Å². The third-order valence-electron chi connectivity index (χ3n) is 4.21. The lowest BCUT2D eigenvalue weighted by Gasteiger charge is -2.19. The first-order valence-corrected chi connectivity index (χ1v) is 10.6. The fourth-order valence-electron chi connectivity index (χ4n) is 2.97. The number of nitrogens with zero attached hydrogens (tertiary/aromatic N) is 2. The van der Waals surface area contributed by atoms with Gasteiger partial charge in [-0.25, -0.2) is 0 Å². The van der Waals surface area contributed by atoms with Gasteiger partial charge in [0.05, 0.1) is 12.2 Å². The monoisotopic (exact) mass is 418 g/mol. The van der Waals surface area contributed by atoms with Crippen LogP contribution in [0.2, 0.25) is 5.02 Å². The second kappa shape index (κ2) is 7.27. The van der Waals surface area contributed by atoms with E-state index in [0.29, 0.717) is 20.8 Å². The quantitative estimate of drug-likeness (QED) is 0.483. The fourth-order valence-corrected chi connectivity index (χ4v) is 5.75. The van der Waals surface area contributed by atoms with E-state index in [9.17, 15) is 4.79 Å². The molecular formula is C19H15ClN2OS3. The Morgan fingerprint density at radius 1 is 1.08 bits per heavy atom. The molecule has 0 spiro atoms. The number of hydrogen-bond donors (Lipinski definition) is 0. The predicted molar refractivity (Wildman–Crippen MR) is 115 cm³/mol. The van der Waals surface area contributed by atoms with Crippen LogP contribution in [-0.4, -0.2) is 21.7 Å². The van der Waals surface area contributed by atoms with E-state index >= 15 is 0 Å². The summed E-state index contributed by atoms with van der Waals surface area (Å²) in [5.41, 5.74) is 2.12. The van der Waals surface area contributed by atoms with Gasteiger partial charge < -0.3 is 4.90 Å². The minimum atomic E-state index is -0.0243. The van der Waals surface area contributed by atoms with Gasteiger partial charge in [0.1, 0.15) is 14.3 Å². The predicted octanol–water partition coefficient (Wildman–Crippen LogP) is 5.50. The molecule has 2 aromatic rings. The van der Waals surface area contributed by atoms with Crippen LogP contribution in [0.5, 0.6) is 0 Å². The summed E-state index contributed by atoms with van der Waals surface area (Å²) in [6.45, 7) is 3.33. The Balaban J connectivity index is 1.67. The minimum absolute atomic E-state index is 0.0243. The van der Waals surface area contributed by atoms with Gasteiger partial charge in [0, 0.05) is 16.5 Å². The molecule has 7 heteroatoms.